The van der Waals surface area contributed by atoms with Gasteiger partial charge in [-0.15, -0.1) is 0 Å². The molecule has 0 fully saturated rings. The lowest BCUT2D eigenvalue weighted by molar-refractivity contribution is 0.0698. The highest BCUT2D eigenvalue weighted by Crippen LogP contribution is 2.21. The molecule has 65 valence electrons. The first-order valence-electron chi connectivity index (χ1n) is 3.75. The second-order valence-electron chi connectivity index (χ2n) is 2.79. The quantitative estimate of drug-likeness (QED) is 0.723. The number of fused-ring (bicyclic) bond motifs is 1. The van der Waals surface area contributed by atoms with Crippen LogP contribution in [-0.2, 0) is 0 Å². The molecule has 3 heteroatoms. The van der Waals surface area contributed by atoms with Gasteiger partial charge < -0.3 is 9.52 Å². The number of hydrogen-bond donors (Lipinski definition) is 1. The van der Waals surface area contributed by atoms with Crippen LogP contribution in [0.4, 0.5) is 0 Å². The Morgan fingerprint density at radius 2 is 2.23 bits per heavy atom. The van der Waals surface area contributed by atoms with Crippen LogP contribution in [0.5, 0.6) is 0 Å². The van der Waals surface area contributed by atoms with Gasteiger partial charge in [-0.05, 0) is 24.6 Å². The second kappa shape index (κ2) is 2.62. The van der Waals surface area contributed by atoms with E-state index in [-0.39, 0.29) is 5.56 Å². The fourth-order valence-corrected chi connectivity index (χ4v) is 1.24. The summed E-state index contributed by atoms with van der Waals surface area (Å²) < 4.78 is 5.06. The number of hydrogen-bond acceptors (Lipinski definition) is 2. The molecule has 0 amide bonds. The van der Waals surface area contributed by atoms with Crippen LogP contribution in [-0.4, -0.2) is 11.1 Å². The van der Waals surface area contributed by atoms with Gasteiger partial charge in [-0.3, -0.25) is 0 Å². The summed E-state index contributed by atoms with van der Waals surface area (Å²) >= 11 is 0. The van der Waals surface area contributed by atoms with Crippen LogP contribution in [0.15, 0.2) is 28.9 Å². The van der Waals surface area contributed by atoms with Crippen molar-refractivity contribution in [3.8, 4) is 0 Å². The molecule has 1 N–H and O–H groups in total. The number of rotatable bonds is 1. The lowest BCUT2D eigenvalue weighted by atomic mass is 10.1. The molecule has 1 radical (unpaired) electrons. The van der Waals surface area contributed by atoms with Crippen molar-refractivity contribution in [1.29, 1.82) is 0 Å². The smallest absolute Gasteiger partial charge is 0.339 e. The summed E-state index contributed by atoms with van der Waals surface area (Å²) in [5.74, 6) is -0.982. The molecular weight excluding hydrogens is 168 g/mol. The number of carboxylic acid groups (broad SMARTS) is 1. The van der Waals surface area contributed by atoms with Crippen molar-refractivity contribution >= 4 is 16.9 Å². The summed E-state index contributed by atoms with van der Waals surface area (Å²) in [7, 11) is 0. The Bertz CT molecular complexity index is 468. The topological polar surface area (TPSA) is 50.4 Å². The van der Waals surface area contributed by atoms with Gasteiger partial charge in [-0.2, -0.15) is 0 Å². The first-order valence-corrected chi connectivity index (χ1v) is 3.75. The van der Waals surface area contributed by atoms with E-state index in [1.807, 2.05) is 0 Å². The van der Waals surface area contributed by atoms with E-state index >= 15 is 0 Å². The van der Waals surface area contributed by atoms with Crippen molar-refractivity contribution in [3.63, 3.8) is 0 Å². The summed E-state index contributed by atoms with van der Waals surface area (Å²) in [6.07, 6.45) is 1.24. The van der Waals surface area contributed by atoms with Gasteiger partial charge in [-0.25, -0.2) is 4.79 Å². The maximum atomic E-state index is 10.7. The molecule has 0 spiro atoms. The molecule has 0 atom stereocenters. The fourth-order valence-electron chi connectivity index (χ4n) is 1.24. The molecule has 0 aliphatic carbocycles. The normalized spacial score (nSPS) is 10.5. The average molecular weight is 175 g/mol. The zero-order valence-electron chi connectivity index (χ0n) is 6.78. The fraction of sp³-hybridized carbons (Fsp3) is 0. The van der Waals surface area contributed by atoms with Crippen molar-refractivity contribution in [2.45, 2.75) is 0 Å². The minimum Gasteiger partial charge on any atom is -0.478 e. The average Bonchev–Trinajstić information content (AvgIpc) is 2.46. The molecule has 2 rings (SSSR count). The van der Waals surface area contributed by atoms with Crippen LogP contribution in [0, 0.1) is 6.92 Å². The summed E-state index contributed by atoms with van der Waals surface area (Å²) in [6.45, 7) is 3.72. The van der Waals surface area contributed by atoms with E-state index in [4.69, 9.17) is 9.52 Å². The van der Waals surface area contributed by atoms with Crippen LogP contribution in [0.2, 0.25) is 0 Å². The third-order valence-corrected chi connectivity index (χ3v) is 1.87. The Morgan fingerprint density at radius 1 is 1.46 bits per heavy atom. The Labute approximate surface area is 74.6 Å². The molecule has 0 saturated carbocycles. The van der Waals surface area contributed by atoms with Crippen molar-refractivity contribution < 1.29 is 14.3 Å². The predicted molar refractivity (Wildman–Crippen MR) is 47.6 cm³/mol. The molecule has 0 bridgehead atoms. The van der Waals surface area contributed by atoms with E-state index in [2.05, 4.69) is 6.92 Å². The molecular formula is C10H7O3. The highest BCUT2D eigenvalue weighted by molar-refractivity contribution is 6.02. The van der Waals surface area contributed by atoms with E-state index in [0.29, 0.717) is 11.0 Å². The summed E-state index contributed by atoms with van der Waals surface area (Å²) in [4.78, 5) is 10.7. The first-order chi connectivity index (χ1) is 6.18. The summed E-state index contributed by atoms with van der Waals surface area (Å²) in [5, 5.41) is 9.38. The van der Waals surface area contributed by atoms with E-state index in [1.54, 1.807) is 18.2 Å². The second-order valence-corrected chi connectivity index (χ2v) is 2.79. The standard InChI is InChI=1S/C10H7O3/c1-6-2-3-9-7(4-6)8(5-13-9)10(11)12/h2-5H,1H2,(H,11,12). The van der Waals surface area contributed by atoms with Crippen LogP contribution >= 0.6 is 0 Å². The summed E-state index contributed by atoms with van der Waals surface area (Å²) in [6, 6.07) is 5.18. The first kappa shape index (κ1) is 7.86. The maximum Gasteiger partial charge on any atom is 0.339 e. The van der Waals surface area contributed by atoms with Crippen molar-refractivity contribution in [2.75, 3.05) is 0 Å². The molecule has 0 aliphatic heterocycles. The molecule has 1 heterocycles. The predicted octanol–water partition coefficient (Wildman–Crippen LogP) is 2.31. The zero-order chi connectivity index (χ0) is 9.42. The summed E-state index contributed by atoms with van der Waals surface area (Å²) in [5.41, 5.74) is 1.53. The van der Waals surface area contributed by atoms with Crippen molar-refractivity contribution in [3.05, 3.63) is 42.5 Å². The monoisotopic (exact) mass is 175 g/mol. The SMILES string of the molecule is [CH2]c1ccc2occ(C(=O)O)c2c1. The van der Waals surface area contributed by atoms with Gasteiger partial charge in [0.2, 0.25) is 0 Å². The van der Waals surface area contributed by atoms with Crippen LogP contribution in [0.1, 0.15) is 15.9 Å². The Kier molecular flexibility index (Phi) is 1.59. The minimum atomic E-state index is -0.982. The number of carbonyl (C=O) groups is 1. The number of aromatic carboxylic acids is 1. The third-order valence-electron chi connectivity index (χ3n) is 1.87. The van der Waals surface area contributed by atoms with Gasteiger partial charge in [0.1, 0.15) is 17.4 Å². The third kappa shape index (κ3) is 1.18. The number of carboxylic acids is 1. The van der Waals surface area contributed by atoms with Crippen LogP contribution < -0.4 is 0 Å². The van der Waals surface area contributed by atoms with Gasteiger partial charge in [0.25, 0.3) is 0 Å². The molecule has 3 nitrogen and oxygen atoms in total. The van der Waals surface area contributed by atoms with Crippen molar-refractivity contribution in [2.24, 2.45) is 0 Å². The highest BCUT2D eigenvalue weighted by atomic mass is 16.4. The molecule has 0 saturated heterocycles. The van der Waals surface area contributed by atoms with Crippen LogP contribution in [0.3, 0.4) is 0 Å². The van der Waals surface area contributed by atoms with E-state index < -0.39 is 5.97 Å². The minimum absolute atomic E-state index is 0.181. The maximum absolute atomic E-state index is 10.7. The highest BCUT2D eigenvalue weighted by Gasteiger charge is 2.11. The van der Waals surface area contributed by atoms with Gasteiger partial charge in [0, 0.05) is 5.39 Å². The molecule has 13 heavy (non-hydrogen) atoms. The van der Waals surface area contributed by atoms with Crippen molar-refractivity contribution in [1.82, 2.24) is 0 Å². The van der Waals surface area contributed by atoms with E-state index in [0.717, 1.165) is 5.56 Å². The zero-order valence-corrected chi connectivity index (χ0v) is 6.78. The Morgan fingerprint density at radius 3 is 2.92 bits per heavy atom. The van der Waals surface area contributed by atoms with E-state index in [9.17, 15) is 4.79 Å². The van der Waals surface area contributed by atoms with Gasteiger partial charge in [0.15, 0.2) is 0 Å². The van der Waals surface area contributed by atoms with Gasteiger partial charge >= 0.3 is 5.97 Å². The number of furan rings is 1. The molecule has 1 aromatic carbocycles. The lowest BCUT2D eigenvalue weighted by Crippen LogP contribution is -1.93. The Hall–Kier alpha value is -1.77. The largest absolute Gasteiger partial charge is 0.478 e. The molecule has 0 unspecified atom stereocenters. The Balaban J connectivity index is 2.79. The number of benzene rings is 1. The molecule has 2 aromatic rings. The van der Waals surface area contributed by atoms with Gasteiger partial charge in [0.05, 0.1) is 0 Å². The lowest BCUT2D eigenvalue weighted by Gasteiger charge is -1.92. The van der Waals surface area contributed by atoms with Crippen LogP contribution in [0.25, 0.3) is 11.0 Å². The van der Waals surface area contributed by atoms with E-state index in [1.165, 1.54) is 6.26 Å². The molecule has 1 aromatic heterocycles. The van der Waals surface area contributed by atoms with Gasteiger partial charge in [-0.1, -0.05) is 6.07 Å². The molecule has 0 aliphatic rings.